The predicted octanol–water partition coefficient (Wildman–Crippen LogP) is 4.59. The molecule has 5 rings (SSSR count). The lowest BCUT2D eigenvalue weighted by molar-refractivity contribution is -0.122. The number of amides is 1. The van der Waals surface area contributed by atoms with Gasteiger partial charge in [0.05, 0.1) is 28.8 Å². The average molecular weight is 442 g/mol. The van der Waals surface area contributed by atoms with Crippen LogP contribution in [0.3, 0.4) is 0 Å². The third-order valence-corrected chi connectivity index (χ3v) is 6.85. The van der Waals surface area contributed by atoms with Crippen molar-refractivity contribution >= 4 is 17.0 Å². The zero-order valence-corrected chi connectivity index (χ0v) is 20.1. The molecule has 0 N–H and O–H groups in total. The molecule has 1 unspecified atom stereocenters. The van der Waals surface area contributed by atoms with Crippen molar-refractivity contribution in [2.24, 2.45) is 5.92 Å². The van der Waals surface area contributed by atoms with Gasteiger partial charge < -0.3 is 4.90 Å². The number of hydrogen-bond acceptors (Lipinski definition) is 4. The molecule has 6 heteroatoms. The van der Waals surface area contributed by atoms with Crippen molar-refractivity contribution < 1.29 is 4.79 Å². The molecular formula is C27H31N5O. The molecule has 0 saturated carbocycles. The summed E-state index contributed by atoms with van der Waals surface area (Å²) < 4.78 is 1.88. The molecule has 0 spiro atoms. The largest absolute Gasteiger partial charge is 0.302 e. The fraction of sp³-hybridized carbons (Fsp3) is 0.370. The van der Waals surface area contributed by atoms with Gasteiger partial charge in [0.2, 0.25) is 0 Å². The number of nitrogens with zero attached hydrogens (tertiary/aromatic N) is 5. The Morgan fingerprint density at radius 1 is 1.12 bits per heavy atom. The van der Waals surface area contributed by atoms with Crippen molar-refractivity contribution in [3.63, 3.8) is 0 Å². The van der Waals surface area contributed by atoms with Crippen LogP contribution >= 0.6 is 0 Å². The van der Waals surface area contributed by atoms with Gasteiger partial charge in [-0.15, -0.1) is 0 Å². The van der Waals surface area contributed by atoms with E-state index in [1.54, 1.807) is 6.08 Å². The van der Waals surface area contributed by atoms with Crippen LogP contribution in [0.5, 0.6) is 0 Å². The van der Waals surface area contributed by atoms with Crippen LogP contribution in [0.2, 0.25) is 0 Å². The maximum Gasteiger partial charge on any atom is 0.255 e. The van der Waals surface area contributed by atoms with Gasteiger partial charge in [0.1, 0.15) is 0 Å². The van der Waals surface area contributed by atoms with Crippen molar-refractivity contribution in [1.29, 1.82) is 0 Å². The lowest BCUT2D eigenvalue weighted by Gasteiger charge is -2.31. The fourth-order valence-electron chi connectivity index (χ4n) is 4.91. The number of carbonyl (C=O) groups excluding carboxylic acids is 1. The SMILES string of the molecule is CC1=CC(C2=CCN(C)CC2)=CN2C(=O)C=C(c3cc4c(C)nc(C)cn4n3)C(C)CC=C12. The quantitative estimate of drug-likeness (QED) is 0.684. The van der Waals surface area contributed by atoms with Gasteiger partial charge in [-0.2, -0.15) is 5.10 Å². The fourth-order valence-corrected chi connectivity index (χ4v) is 4.91. The number of fused-ring (bicyclic) bond motifs is 2. The summed E-state index contributed by atoms with van der Waals surface area (Å²) in [6.45, 7) is 10.2. The normalized spacial score (nSPS) is 22.1. The first kappa shape index (κ1) is 21.6. The zero-order valence-electron chi connectivity index (χ0n) is 20.1. The molecule has 170 valence electrons. The van der Waals surface area contributed by atoms with Gasteiger partial charge >= 0.3 is 0 Å². The summed E-state index contributed by atoms with van der Waals surface area (Å²) in [6.07, 6.45) is 14.3. The van der Waals surface area contributed by atoms with Crippen molar-refractivity contribution in [2.75, 3.05) is 20.1 Å². The van der Waals surface area contributed by atoms with Crippen LogP contribution in [-0.4, -0.2) is 50.4 Å². The van der Waals surface area contributed by atoms with E-state index >= 15 is 0 Å². The average Bonchev–Trinajstić information content (AvgIpc) is 3.19. The predicted molar refractivity (Wildman–Crippen MR) is 131 cm³/mol. The topological polar surface area (TPSA) is 53.7 Å². The number of aryl methyl sites for hydroxylation is 2. The third-order valence-electron chi connectivity index (χ3n) is 6.85. The van der Waals surface area contributed by atoms with Crippen LogP contribution < -0.4 is 0 Å². The Bertz CT molecular complexity index is 1300. The molecule has 2 aromatic rings. The van der Waals surface area contributed by atoms with E-state index in [4.69, 9.17) is 5.10 Å². The monoisotopic (exact) mass is 441 g/mol. The summed E-state index contributed by atoms with van der Waals surface area (Å²) >= 11 is 0. The van der Waals surface area contributed by atoms with Crippen molar-refractivity contribution in [1.82, 2.24) is 24.4 Å². The molecule has 6 nitrogen and oxygen atoms in total. The van der Waals surface area contributed by atoms with Crippen molar-refractivity contribution in [3.8, 4) is 0 Å². The first-order chi connectivity index (χ1) is 15.8. The third kappa shape index (κ3) is 4.00. The number of allylic oxidation sites excluding steroid dienone is 5. The number of carbonyl (C=O) groups is 1. The van der Waals surface area contributed by atoms with Gasteiger partial charge in [-0.1, -0.05) is 19.1 Å². The molecule has 0 aromatic carbocycles. The summed E-state index contributed by atoms with van der Waals surface area (Å²) in [6, 6.07) is 2.05. The van der Waals surface area contributed by atoms with Gasteiger partial charge in [0, 0.05) is 31.1 Å². The highest BCUT2D eigenvalue weighted by Crippen LogP contribution is 2.35. The number of aromatic nitrogens is 3. The lowest BCUT2D eigenvalue weighted by Crippen LogP contribution is -2.30. The first-order valence-corrected chi connectivity index (χ1v) is 11.7. The minimum Gasteiger partial charge on any atom is -0.302 e. The molecule has 0 saturated heterocycles. The molecule has 3 aliphatic heterocycles. The van der Waals surface area contributed by atoms with Crippen LogP contribution in [0.25, 0.3) is 11.1 Å². The molecule has 0 aliphatic carbocycles. The summed E-state index contributed by atoms with van der Waals surface area (Å²) in [5.41, 5.74) is 9.23. The molecule has 1 atom stereocenters. The van der Waals surface area contributed by atoms with E-state index in [2.05, 4.69) is 55.1 Å². The second-order valence-electron chi connectivity index (χ2n) is 9.51. The standard InChI is InChI=1S/C27H31N5O/c1-17-6-7-25-18(2)12-22(21-8-10-30(5)11-9-21)16-31(25)27(33)13-23(17)24-14-26-20(4)28-19(3)15-32(26)29-24/h7-8,12-17H,6,9-11H2,1-5H3. The van der Waals surface area contributed by atoms with E-state index in [0.29, 0.717) is 0 Å². The van der Waals surface area contributed by atoms with Crippen LogP contribution in [0.4, 0.5) is 0 Å². The Labute approximate surface area is 195 Å². The smallest absolute Gasteiger partial charge is 0.255 e. The van der Waals surface area contributed by atoms with E-state index in [9.17, 15) is 4.79 Å². The minimum absolute atomic E-state index is 0.0237. The zero-order chi connectivity index (χ0) is 23.3. The molecular weight excluding hydrogens is 410 g/mol. The van der Waals surface area contributed by atoms with Crippen LogP contribution in [-0.2, 0) is 4.79 Å². The molecule has 2 aromatic heterocycles. The molecule has 1 amide bonds. The van der Waals surface area contributed by atoms with E-state index in [-0.39, 0.29) is 11.8 Å². The molecule has 0 radical (unpaired) electrons. The van der Waals surface area contributed by atoms with Gasteiger partial charge in [-0.05, 0) is 81.0 Å². The van der Waals surface area contributed by atoms with Crippen molar-refractivity contribution in [2.45, 2.75) is 40.5 Å². The van der Waals surface area contributed by atoms with Crippen LogP contribution in [0.15, 0.2) is 65.2 Å². The second kappa shape index (κ2) is 8.27. The van der Waals surface area contributed by atoms with Crippen molar-refractivity contribution in [3.05, 3.63) is 82.3 Å². The molecule has 33 heavy (non-hydrogen) atoms. The summed E-state index contributed by atoms with van der Waals surface area (Å²) in [4.78, 5) is 22.2. The Balaban J connectivity index is 1.54. The number of rotatable bonds is 2. The Kier molecular flexibility index (Phi) is 5.41. The summed E-state index contributed by atoms with van der Waals surface area (Å²) in [7, 11) is 2.14. The van der Waals surface area contributed by atoms with E-state index in [1.165, 1.54) is 5.57 Å². The first-order valence-electron chi connectivity index (χ1n) is 11.7. The summed E-state index contributed by atoms with van der Waals surface area (Å²) in [5.74, 6) is 0.155. The number of hydrogen-bond donors (Lipinski definition) is 0. The van der Waals surface area contributed by atoms with Gasteiger partial charge in [0.15, 0.2) is 0 Å². The molecule has 5 heterocycles. The Hall–Kier alpha value is -3.25. The number of likely N-dealkylation sites (N-methyl/N-ethyl adjacent to an activating group) is 1. The van der Waals surface area contributed by atoms with Crippen LogP contribution in [0.1, 0.15) is 43.8 Å². The summed E-state index contributed by atoms with van der Waals surface area (Å²) in [5, 5.41) is 4.81. The van der Waals surface area contributed by atoms with Crippen LogP contribution in [0, 0.1) is 19.8 Å². The van der Waals surface area contributed by atoms with E-state index < -0.39 is 0 Å². The highest BCUT2D eigenvalue weighted by atomic mass is 16.2. The maximum absolute atomic E-state index is 13.6. The molecule has 0 fully saturated rings. The van der Waals surface area contributed by atoms with E-state index in [0.717, 1.165) is 70.9 Å². The second-order valence-corrected chi connectivity index (χ2v) is 9.51. The van der Waals surface area contributed by atoms with E-state index in [1.807, 2.05) is 35.7 Å². The molecule has 0 bridgehead atoms. The van der Waals surface area contributed by atoms with Gasteiger partial charge in [-0.25, -0.2) is 4.52 Å². The minimum atomic E-state index is -0.0237. The maximum atomic E-state index is 13.6. The lowest BCUT2D eigenvalue weighted by atomic mass is 9.89. The Morgan fingerprint density at radius 3 is 2.70 bits per heavy atom. The Morgan fingerprint density at radius 2 is 1.94 bits per heavy atom. The molecule has 3 aliphatic rings. The highest BCUT2D eigenvalue weighted by Gasteiger charge is 2.27. The van der Waals surface area contributed by atoms with Gasteiger partial charge in [-0.3, -0.25) is 14.7 Å². The van der Waals surface area contributed by atoms with Gasteiger partial charge in [0.25, 0.3) is 5.91 Å². The highest BCUT2D eigenvalue weighted by molar-refractivity contribution is 5.98.